The SMILES string of the molecule is CCNC(=O)c1ccccc1CCN(C)c1cc(C#N)ccn1. The summed E-state index contributed by atoms with van der Waals surface area (Å²) in [6, 6.07) is 13.2. The van der Waals surface area contributed by atoms with Crippen molar-refractivity contribution in [2.45, 2.75) is 13.3 Å². The first kappa shape index (κ1) is 16.5. The van der Waals surface area contributed by atoms with Crippen molar-refractivity contribution < 1.29 is 4.79 Å². The van der Waals surface area contributed by atoms with E-state index in [0.717, 1.165) is 17.8 Å². The number of aromatic nitrogens is 1. The smallest absolute Gasteiger partial charge is 0.251 e. The van der Waals surface area contributed by atoms with Gasteiger partial charge in [-0.3, -0.25) is 4.79 Å². The Bertz CT molecular complexity index is 721. The standard InChI is InChI=1S/C18H20N4O/c1-3-20-18(23)16-7-5-4-6-15(16)9-11-22(2)17-12-14(13-19)8-10-21-17/h4-8,10,12H,3,9,11H2,1-2H3,(H,20,23). The lowest BCUT2D eigenvalue weighted by Gasteiger charge is -2.19. The van der Waals surface area contributed by atoms with Gasteiger partial charge in [-0.05, 0) is 37.1 Å². The minimum Gasteiger partial charge on any atom is -0.359 e. The van der Waals surface area contributed by atoms with Gasteiger partial charge >= 0.3 is 0 Å². The number of nitrogens with zero attached hydrogens (tertiary/aromatic N) is 3. The van der Waals surface area contributed by atoms with Gasteiger partial charge in [-0.1, -0.05) is 18.2 Å². The molecule has 1 amide bonds. The first-order valence-corrected chi connectivity index (χ1v) is 7.59. The third-order valence-corrected chi connectivity index (χ3v) is 3.58. The average Bonchev–Trinajstić information content (AvgIpc) is 2.60. The Morgan fingerprint density at radius 2 is 2.13 bits per heavy atom. The summed E-state index contributed by atoms with van der Waals surface area (Å²) in [7, 11) is 1.93. The lowest BCUT2D eigenvalue weighted by atomic mass is 10.0. The Hall–Kier alpha value is -2.87. The molecule has 0 aliphatic heterocycles. The summed E-state index contributed by atoms with van der Waals surface area (Å²) >= 11 is 0. The van der Waals surface area contributed by atoms with E-state index >= 15 is 0 Å². The number of pyridine rings is 1. The second-order valence-electron chi connectivity index (χ2n) is 5.20. The maximum Gasteiger partial charge on any atom is 0.251 e. The van der Waals surface area contributed by atoms with Gasteiger partial charge in [0.25, 0.3) is 5.91 Å². The predicted molar refractivity (Wildman–Crippen MR) is 90.4 cm³/mol. The van der Waals surface area contributed by atoms with Crippen LogP contribution in [0.5, 0.6) is 0 Å². The first-order chi connectivity index (χ1) is 11.2. The van der Waals surface area contributed by atoms with Gasteiger partial charge in [0.1, 0.15) is 5.82 Å². The molecule has 5 nitrogen and oxygen atoms in total. The van der Waals surface area contributed by atoms with Crippen LogP contribution in [-0.4, -0.2) is 31.0 Å². The third-order valence-electron chi connectivity index (χ3n) is 3.58. The van der Waals surface area contributed by atoms with Gasteiger partial charge in [-0.15, -0.1) is 0 Å². The van der Waals surface area contributed by atoms with E-state index in [-0.39, 0.29) is 5.91 Å². The quantitative estimate of drug-likeness (QED) is 0.889. The van der Waals surface area contributed by atoms with E-state index in [4.69, 9.17) is 5.26 Å². The Morgan fingerprint density at radius 3 is 2.87 bits per heavy atom. The molecule has 0 unspecified atom stereocenters. The molecule has 1 N–H and O–H groups in total. The highest BCUT2D eigenvalue weighted by molar-refractivity contribution is 5.95. The third kappa shape index (κ3) is 4.30. The number of hydrogen-bond acceptors (Lipinski definition) is 4. The summed E-state index contributed by atoms with van der Waals surface area (Å²) in [6.45, 7) is 3.22. The lowest BCUT2D eigenvalue weighted by molar-refractivity contribution is 0.0955. The molecule has 2 rings (SSSR count). The molecule has 0 atom stereocenters. The number of amides is 1. The molecule has 0 saturated carbocycles. The summed E-state index contributed by atoms with van der Waals surface area (Å²) in [5.41, 5.74) is 2.30. The van der Waals surface area contributed by atoms with Crippen LogP contribution >= 0.6 is 0 Å². The summed E-state index contributed by atoms with van der Waals surface area (Å²) in [5.74, 6) is 0.704. The molecule has 5 heteroatoms. The number of likely N-dealkylation sites (N-methyl/N-ethyl adjacent to an activating group) is 1. The van der Waals surface area contributed by atoms with Crippen LogP contribution in [0.4, 0.5) is 5.82 Å². The van der Waals surface area contributed by atoms with Crippen molar-refractivity contribution in [2.75, 3.05) is 25.0 Å². The topological polar surface area (TPSA) is 69.0 Å². The Balaban J connectivity index is 2.08. The highest BCUT2D eigenvalue weighted by Crippen LogP contribution is 2.14. The number of nitriles is 1. The highest BCUT2D eigenvalue weighted by atomic mass is 16.1. The van der Waals surface area contributed by atoms with Gasteiger partial charge < -0.3 is 10.2 Å². The van der Waals surface area contributed by atoms with Crippen LogP contribution in [0, 0.1) is 11.3 Å². The zero-order valence-electron chi connectivity index (χ0n) is 13.4. The monoisotopic (exact) mass is 308 g/mol. The van der Waals surface area contributed by atoms with Gasteiger partial charge in [0.2, 0.25) is 0 Å². The number of carbonyl (C=O) groups excluding carboxylic acids is 1. The fourth-order valence-electron chi connectivity index (χ4n) is 2.32. The van der Waals surface area contributed by atoms with Gasteiger partial charge in [-0.25, -0.2) is 4.98 Å². The van der Waals surface area contributed by atoms with Crippen molar-refractivity contribution in [3.8, 4) is 6.07 Å². The average molecular weight is 308 g/mol. The fourth-order valence-corrected chi connectivity index (χ4v) is 2.32. The van der Waals surface area contributed by atoms with Gasteiger partial charge in [-0.2, -0.15) is 5.26 Å². The molecule has 23 heavy (non-hydrogen) atoms. The number of hydrogen-bond donors (Lipinski definition) is 1. The van der Waals surface area contributed by atoms with Crippen LogP contribution in [-0.2, 0) is 6.42 Å². The van der Waals surface area contributed by atoms with E-state index in [1.807, 2.05) is 43.1 Å². The maximum atomic E-state index is 12.1. The Morgan fingerprint density at radius 1 is 1.35 bits per heavy atom. The molecule has 0 spiro atoms. The normalized spacial score (nSPS) is 9.96. The molecular weight excluding hydrogens is 288 g/mol. The molecule has 0 saturated heterocycles. The lowest BCUT2D eigenvalue weighted by Crippen LogP contribution is -2.26. The molecule has 1 aromatic heterocycles. The fraction of sp³-hybridized carbons (Fsp3) is 0.278. The van der Waals surface area contributed by atoms with Crippen molar-refractivity contribution in [3.05, 3.63) is 59.3 Å². The molecular formula is C18H20N4O. The van der Waals surface area contributed by atoms with Gasteiger partial charge in [0, 0.05) is 31.9 Å². The summed E-state index contributed by atoms with van der Waals surface area (Å²) in [5, 5.41) is 11.8. The molecule has 0 aliphatic rings. The van der Waals surface area contributed by atoms with E-state index in [2.05, 4.69) is 16.4 Å². The largest absolute Gasteiger partial charge is 0.359 e. The zero-order valence-corrected chi connectivity index (χ0v) is 13.4. The second-order valence-corrected chi connectivity index (χ2v) is 5.20. The molecule has 2 aromatic rings. The number of carbonyl (C=O) groups is 1. The Kier molecular flexibility index (Phi) is 5.70. The van der Waals surface area contributed by atoms with Crippen molar-refractivity contribution in [1.29, 1.82) is 5.26 Å². The minimum absolute atomic E-state index is 0.0460. The van der Waals surface area contributed by atoms with Crippen molar-refractivity contribution in [1.82, 2.24) is 10.3 Å². The van der Waals surface area contributed by atoms with Crippen molar-refractivity contribution in [2.24, 2.45) is 0 Å². The molecule has 0 aliphatic carbocycles. The molecule has 1 aromatic carbocycles. The van der Waals surface area contributed by atoms with E-state index in [9.17, 15) is 4.79 Å². The Labute approximate surface area is 136 Å². The van der Waals surface area contributed by atoms with E-state index < -0.39 is 0 Å². The van der Waals surface area contributed by atoms with E-state index in [1.54, 1.807) is 18.3 Å². The summed E-state index contributed by atoms with van der Waals surface area (Å²) < 4.78 is 0. The van der Waals surface area contributed by atoms with Gasteiger partial charge in [0.05, 0.1) is 11.6 Å². The summed E-state index contributed by atoms with van der Waals surface area (Å²) in [4.78, 5) is 18.4. The zero-order chi connectivity index (χ0) is 16.7. The van der Waals surface area contributed by atoms with Crippen LogP contribution in [0.2, 0.25) is 0 Å². The molecule has 0 bridgehead atoms. The molecule has 0 fully saturated rings. The number of anilines is 1. The van der Waals surface area contributed by atoms with Crippen LogP contribution in [0.15, 0.2) is 42.6 Å². The molecule has 1 heterocycles. The number of rotatable bonds is 6. The minimum atomic E-state index is -0.0460. The molecule has 118 valence electrons. The number of nitrogens with one attached hydrogen (secondary N) is 1. The van der Waals surface area contributed by atoms with Crippen LogP contribution in [0.3, 0.4) is 0 Å². The van der Waals surface area contributed by atoms with Gasteiger partial charge in [0.15, 0.2) is 0 Å². The van der Waals surface area contributed by atoms with Crippen LogP contribution in [0.1, 0.15) is 28.4 Å². The predicted octanol–water partition coefficient (Wildman–Crippen LogP) is 2.38. The highest BCUT2D eigenvalue weighted by Gasteiger charge is 2.11. The van der Waals surface area contributed by atoms with Crippen molar-refractivity contribution in [3.63, 3.8) is 0 Å². The van der Waals surface area contributed by atoms with E-state index in [1.165, 1.54) is 0 Å². The first-order valence-electron chi connectivity index (χ1n) is 7.59. The van der Waals surface area contributed by atoms with E-state index in [0.29, 0.717) is 24.2 Å². The maximum absolute atomic E-state index is 12.1. The van der Waals surface area contributed by atoms with Crippen LogP contribution < -0.4 is 10.2 Å². The summed E-state index contributed by atoms with van der Waals surface area (Å²) in [6.07, 6.45) is 2.36. The number of benzene rings is 1. The van der Waals surface area contributed by atoms with Crippen LogP contribution in [0.25, 0.3) is 0 Å². The second kappa shape index (κ2) is 7.95. The molecule has 0 radical (unpaired) electrons. The van der Waals surface area contributed by atoms with Crippen molar-refractivity contribution >= 4 is 11.7 Å².